The molecule has 11 nitrogen and oxygen atoms in total. The van der Waals surface area contributed by atoms with Gasteiger partial charge in [-0.05, 0) is 94.0 Å². The molecule has 2 atom stereocenters. The molecular formula is C37H49F5N6O5. The van der Waals surface area contributed by atoms with Crippen molar-refractivity contribution in [2.24, 2.45) is 11.8 Å². The van der Waals surface area contributed by atoms with Crippen LogP contribution < -0.4 is 16.0 Å². The molecule has 3 aliphatic carbocycles. The third-order valence-electron chi connectivity index (χ3n) is 10.8. The number of carbonyl (C=O) groups is 4. The quantitative estimate of drug-likeness (QED) is 0.173. The fourth-order valence-electron chi connectivity index (χ4n) is 7.12. The predicted molar refractivity (Wildman–Crippen MR) is 185 cm³/mol. The molecular weight excluding hydrogens is 703 g/mol. The van der Waals surface area contributed by atoms with Gasteiger partial charge in [-0.25, -0.2) is 13.2 Å². The van der Waals surface area contributed by atoms with Gasteiger partial charge in [0, 0.05) is 50.5 Å². The van der Waals surface area contributed by atoms with E-state index < -0.39 is 66.4 Å². The van der Waals surface area contributed by atoms with Gasteiger partial charge in [-0.2, -0.15) is 13.9 Å². The van der Waals surface area contributed by atoms with Crippen molar-refractivity contribution >= 4 is 29.7 Å². The summed E-state index contributed by atoms with van der Waals surface area (Å²) in [5, 5.41) is 12.2. The highest BCUT2D eigenvalue weighted by Gasteiger charge is 2.51. The Morgan fingerprint density at radius 2 is 1.68 bits per heavy atom. The van der Waals surface area contributed by atoms with Crippen molar-refractivity contribution < 1.29 is 45.9 Å². The molecule has 1 saturated heterocycles. The molecule has 0 bridgehead atoms. The second-order valence-electron chi connectivity index (χ2n) is 14.8. The first-order chi connectivity index (χ1) is 25.2. The number of benzene rings is 1. The molecule has 292 valence electrons. The zero-order valence-corrected chi connectivity index (χ0v) is 30.1. The Labute approximate surface area is 305 Å². The van der Waals surface area contributed by atoms with Gasteiger partial charge >= 0.3 is 6.61 Å². The van der Waals surface area contributed by atoms with Crippen molar-refractivity contribution in [3.05, 3.63) is 47.5 Å². The number of anilines is 1. The third kappa shape index (κ3) is 10.8. The number of ether oxygens (including phenoxy) is 1. The van der Waals surface area contributed by atoms with Crippen LogP contribution in [0.3, 0.4) is 0 Å². The first kappa shape index (κ1) is 40.3. The normalized spacial score (nSPS) is 21.1. The Kier molecular flexibility index (Phi) is 13.3. The Morgan fingerprint density at radius 3 is 2.25 bits per heavy atom. The van der Waals surface area contributed by atoms with E-state index in [1.807, 2.05) is 7.05 Å². The summed E-state index contributed by atoms with van der Waals surface area (Å²) < 4.78 is 72.5. The Bertz CT molecular complexity index is 1580. The van der Waals surface area contributed by atoms with Gasteiger partial charge in [-0.1, -0.05) is 13.0 Å². The summed E-state index contributed by atoms with van der Waals surface area (Å²) in [4.78, 5) is 52.6. The summed E-state index contributed by atoms with van der Waals surface area (Å²) in [5.74, 6) is -5.25. The summed E-state index contributed by atoms with van der Waals surface area (Å²) in [6.07, 6.45) is 6.09. The summed E-state index contributed by atoms with van der Waals surface area (Å²) in [5.41, 5.74) is -0.0665. The average molecular weight is 753 g/mol. The van der Waals surface area contributed by atoms with Crippen LogP contribution in [0, 0.1) is 17.7 Å². The van der Waals surface area contributed by atoms with Gasteiger partial charge in [0.25, 0.3) is 5.91 Å². The first-order valence-electron chi connectivity index (χ1n) is 18.4. The third-order valence-corrected chi connectivity index (χ3v) is 10.8. The van der Waals surface area contributed by atoms with Gasteiger partial charge in [0.1, 0.15) is 23.8 Å². The van der Waals surface area contributed by atoms with Gasteiger partial charge in [0.2, 0.25) is 17.7 Å². The fraction of sp³-hybridized carbons (Fsp3) is 0.649. The van der Waals surface area contributed by atoms with Crippen LogP contribution in [0.5, 0.6) is 0 Å². The zero-order valence-electron chi connectivity index (χ0n) is 30.1. The molecule has 16 heteroatoms. The SMILES string of the molecule is CCC(=O)NC(C=O)C1(c2ccc(NC(=O)C(NC(=O)c3ccnn3CC3CC3)C3CCC(F)(F)CC3)c(F)c2)CC1.CN1CCC(OC(F)F)CC1. The maximum absolute atomic E-state index is 15.3. The van der Waals surface area contributed by atoms with E-state index in [9.17, 15) is 36.7 Å². The molecule has 53 heavy (non-hydrogen) atoms. The number of aromatic nitrogens is 2. The molecule has 4 aliphatic rings. The molecule has 0 spiro atoms. The topological polar surface area (TPSA) is 135 Å². The lowest BCUT2D eigenvalue weighted by Gasteiger charge is -2.33. The van der Waals surface area contributed by atoms with E-state index in [1.165, 1.54) is 18.3 Å². The minimum atomic E-state index is -2.83. The monoisotopic (exact) mass is 752 g/mol. The highest BCUT2D eigenvalue weighted by atomic mass is 19.3. The van der Waals surface area contributed by atoms with Crippen molar-refractivity contribution in [3.8, 4) is 0 Å². The van der Waals surface area contributed by atoms with E-state index in [-0.39, 0.29) is 42.7 Å². The van der Waals surface area contributed by atoms with E-state index in [1.54, 1.807) is 23.7 Å². The highest BCUT2D eigenvalue weighted by Crippen LogP contribution is 2.51. The van der Waals surface area contributed by atoms with Crippen LogP contribution in [0.1, 0.15) is 93.6 Å². The molecule has 4 fully saturated rings. The zero-order chi connectivity index (χ0) is 38.3. The molecule has 2 unspecified atom stereocenters. The molecule has 0 radical (unpaired) electrons. The second-order valence-corrected chi connectivity index (χ2v) is 14.8. The molecule has 3 saturated carbocycles. The largest absolute Gasteiger partial charge is 0.346 e. The molecule has 1 aromatic heterocycles. The Balaban J connectivity index is 0.000000422. The number of piperidine rings is 1. The van der Waals surface area contributed by atoms with Crippen molar-refractivity contribution in [3.63, 3.8) is 0 Å². The molecule has 3 N–H and O–H groups in total. The predicted octanol–water partition coefficient (Wildman–Crippen LogP) is 5.44. The smallest absolute Gasteiger partial charge is 0.345 e. The molecule has 3 amide bonds. The van der Waals surface area contributed by atoms with Crippen molar-refractivity contribution in [2.75, 3.05) is 25.5 Å². The summed E-state index contributed by atoms with van der Waals surface area (Å²) in [6, 6.07) is 3.79. The molecule has 6 rings (SSSR count). The minimum Gasteiger partial charge on any atom is -0.346 e. The van der Waals surface area contributed by atoms with Crippen molar-refractivity contribution in [2.45, 2.75) is 120 Å². The summed E-state index contributed by atoms with van der Waals surface area (Å²) in [6.45, 7) is 1.36. The number of amides is 3. The van der Waals surface area contributed by atoms with Crippen molar-refractivity contribution in [1.29, 1.82) is 0 Å². The van der Waals surface area contributed by atoms with Crippen LogP contribution in [0.4, 0.5) is 27.6 Å². The Hall–Kier alpha value is -3.92. The van der Waals surface area contributed by atoms with Crippen LogP contribution in [0.2, 0.25) is 0 Å². The van der Waals surface area contributed by atoms with Gasteiger partial charge < -0.3 is 30.4 Å². The van der Waals surface area contributed by atoms with E-state index in [0.717, 1.165) is 38.8 Å². The van der Waals surface area contributed by atoms with Crippen LogP contribution in [0.25, 0.3) is 0 Å². The number of aldehydes is 1. The summed E-state index contributed by atoms with van der Waals surface area (Å²) >= 11 is 0. The molecule has 1 aromatic carbocycles. The van der Waals surface area contributed by atoms with E-state index in [2.05, 4.69) is 30.7 Å². The molecule has 2 heterocycles. The standard InChI is InChI=1S/C30H36F3N5O4.C7H13F2NO/c1-2-25(40)36-24(17-39)29(12-13-29)20-5-6-22(21(31)15-20)35-28(42)26(19-7-10-30(32,33)11-8-19)37-27(41)23-9-14-34-38(23)16-18-3-4-18;1-10-4-2-6(3-5-10)11-7(8)9/h5-6,9,14-15,17-19,24,26H,2-4,7-8,10-13,16H2,1H3,(H,35,42)(H,36,40)(H,37,41);6-7H,2-5H2,1H3. The van der Waals surface area contributed by atoms with Gasteiger partial charge in [-0.15, -0.1) is 0 Å². The number of likely N-dealkylation sites (tertiary alicyclic amines) is 1. The first-order valence-corrected chi connectivity index (χ1v) is 18.4. The number of hydrogen-bond donors (Lipinski definition) is 3. The van der Waals surface area contributed by atoms with Crippen molar-refractivity contribution in [1.82, 2.24) is 25.3 Å². The lowest BCUT2D eigenvalue weighted by molar-refractivity contribution is -0.171. The van der Waals surface area contributed by atoms with E-state index >= 15 is 4.39 Å². The number of halogens is 5. The molecule has 1 aliphatic heterocycles. The Morgan fingerprint density at radius 1 is 1.00 bits per heavy atom. The van der Waals surface area contributed by atoms with E-state index in [0.29, 0.717) is 37.2 Å². The lowest BCUT2D eigenvalue weighted by Crippen LogP contribution is -2.50. The number of carbonyl (C=O) groups excluding carboxylic acids is 4. The fourth-order valence-corrected chi connectivity index (χ4v) is 7.12. The van der Waals surface area contributed by atoms with Gasteiger partial charge in [0.15, 0.2) is 0 Å². The van der Waals surface area contributed by atoms with Crippen LogP contribution in [-0.4, -0.2) is 89.5 Å². The number of rotatable bonds is 14. The minimum absolute atomic E-state index is 0.0210. The maximum Gasteiger partial charge on any atom is 0.345 e. The number of hydrogen-bond acceptors (Lipinski definition) is 7. The van der Waals surface area contributed by atoms with Gasteiger partial charge in [0.05, 0.1) is 17.8 Å². The second kappa shape index (κ2) is 17.5. The lowest BCUT2D eigenvalue weighted by atomic mass is 9.81. The molecule has 2 aromatic rings. The van der Waals surface area contributed by atoms with Crippen LogP contribution in [-0.2, 0) is 31.1 Å². The number of nitrogens with one attached hydrogen (secondary N) is 3. The maximum atomic E-state index is 15.3. The van der Waals surface area contributed by atoms with Crippen LogP contribution in [0.15, 0.2) is 30.5 Å². The highest BCUT2D eigenvalue weighted by molar-refractivity contribution is 6.00. The number of nitrogens with zero attached hydrogens (tertiary/aromatic N) is 3. The summed E-state index contributed by atoms with van der Waals surface area (Å²) in [7, 11) is 1.98. The van der Waals surface area contributed by atoms with Gasteiger partial charge in [-0.3, -0.25) is 19.1 Å². The van der Waals surface area contributed by atoms with Crippen LogP contribution >= 0.6 is 0 Å². The average Bonchev–Trinajstić information content (AvgIpc) is 4.06. The number of alkyl halides is 4. The van der Waals surface area contributed by atoms with E-state index in [4.69, 9.17) is 0 Å².